The van der Waals surface area contributed by atoms with E-state index in [0.29, 0.717) is 49.0 Å². The van der Waals surface area contributed by atoms with Crippen molar-refractivity contribution in [2.75, 3.05) is 4.90 Å². The first kappa shape index (κ1) is 30.9. The van der Waals surface area contributed by atoms with Gasteiger partial charge in [-0.05, 0) is 76.2 Å². The molecule has 3 aliphatic rings. The minimum Gasteiger partial charge on any atom is -0.297 e. The molecule has 4 atom stereocenters. The van der Waals surface area contributed by atoms with Crippen molar-refractivity contribution in [3.63, 3.8) is 0 Å². The maximum atomic E-state index is 16.0. The van der Waals surface area contributed by atoms with Crippen LogP contribution in [0, 0.1) is 28.9 Å². The Balaban J connectivity index is 1.55. The van der Waals surface area contributed by atoms with Gasteiger partial charge in [-0.15, -0.1) is 0 Å². The molecule has 2 bridgehead atoms. The van der Waals surface area contributed by atoms with Crippen LogP contribution in [0.25, 0.3) is 11.1 Å². The third-order valence-corrected chi connectivity index (χ3v) is 10.8. The summed E-state index contributed by atoms with van der Waals surface area (Å²) in [5, 5.41) is 13.2. The average molecular weight is 686 g/mol. The number of imide groups is 1. The molecule has 7 nitrogen and oxygen atoms in total. The zero-order valence-corrected chi connectivity index (χ0v) is 27.5. The molecule has 0 aromatic heterocycles. The average Bonchev–Trinajstić information content (AvgIpc) is 3.61. The third kappa shape index (κ3) is 4.06. The molecule has 9 heteroatoms. The number of fused-ring (bicyclic) bond motifs is 5. The number of ketones is 1. The molecule has 1 aliphatic heterocycles. The minimum absolute atomic E-state index is 0.133. The summed E-state index contributed by atoms with van der Waals surface area (Å²) in [7, 11) is 0. The summed E-state index contributed by atoms with van der Waals surface area (Å²) in [6, 6.07) is 36.9. The van der Waals surface area contributed by atoms with Crippen molar-refractivity contribution < 1.29 is 19.3 Å². The van der Waals surface area contributed by atoms with Crippen LogP contribution in [0.1, 0.15) is 27.8 Å². The van der Waals surface area contributed by atoms with Gasteiger partial charge in [-0.3, -0.25) is 24.5 Å². The Labute approximate surface area is 291 Å². The third-order valence-electron chi connectivity index (χ3n) is 10.3. The van der Waals surface area contributed by atoms with Crippen LogP contribution in [0.5, 0.6) is 0 Å². The van der Waals surface area contributed by atoms with Gasteiger partial charge in [0.15, 0.2) is 5.78 Å². The van der Waals surface area contributed by atoms with Gasteiger partial charge < -0.3 is 0 Å². The van der Waals surface area contributed by atoms with Gasteiger partial charge in [0, 0.05) is 16.1 Å². The fraction of sp³-hybridized carbons (Fsp3) is 0.125. The largest absolute Gasteiger partial charge is 0.297 e. The summed E-state index contributed by atoms with van der Waals surface area (Å²) in [6.07, 6.45) is 0. The number of allylic oxidation sites excluding steroid dienone is 2. The lowest BCUT2D eigenvalue weighted by molar-refractivity contribution is -0.384. The van der Waals surface area contributed by atoms with Crippen molar-refractivity contribution in [1.29, 1.82) is 0 Å². The number of aryl methyl sites for hydroxylation is 1. The van der Waals surface area contributed by atoms with E-state index in [1.807, 2.05) is 60.7 Å². The van der Waals surface area contributed by atoms with Crippen LogP contribution < -0.4 is 4.90 Å². The molecule has 5 aromatic carbocycles. The van der Waals surface area contributed by atoms with E-state index in [1.165, 1.54) is 12.1 Å². The molecule has 2 aliphatic carbocycles. The van der Waals surface area contributed by atoms with Crippen molar-refractivity contribution in [1.82, 2.24) is 0 Å². The molecule has 0 N–H and O–H groups in total. The zero-order chi connectivity index (χ0) is 34.2. The number of nitro benzene ring substituents is 1. The van der Waals surface area contributed by atoms with Crippen LogP contribution in [0.3, 0.4) is 0 Å². The number of hydrogen-bond acceptors (Lipinski definition) is 5. The fourth-order valence-corrected chi connectivity index (χ4v) is 8.82. The monoisotopic (exact) mass is 684 g/mol. The Morgan fingerprint density at radius 2 is 1.06 bits per heavy atom. The number of nitro groups is 1. The van der Waals surface area contributed by atoms with Gasteiger partial charge in [-0.2, -0.15) is 0 Å². The van der Waals surface area contributed by atoms with Crippen LogP contribution >= 0.6 is 23.2 Å². The van der Waals surface area contributed by atoms with E-state index >= 15 is 14.4 Å². The van der Waals surface area contributed by atoms with Crippen LogP contribution in [0.15, 0.2) is 127 Å². The second-order valence-electron chi connectivity index (χ2n) is 12.7. The second-order valence-corrected chi connectivity index (χ2v) is 13.5. The van der Waals surface area contributed by atoms with E-state index in [0.717, 1.165) is 4.90 Å². The number of anilines is 1. The Morgan fingerprint density at radius 1 is 0.633 bits per heavy atom. The second kappa shape index (κ2) is 11.1. The molecule has 0 radical (unpaired) electrons. The first-order valence-corrected chi connectivity index (χ1v) is 16.4. The number of Topliss-reactive ketones (excluding diaryl/α,β-unsaturated/α-hetero) is 1. The lowest BCUT2D eigenvalue weighted by Crippen LogP contribution is -2.45. The van der Waals surface area contributed by atoms with Crippen molar-refractivity contribution in [2.45, 2.75) is 17.8 Å². The summed E-state index contributed by atoms with van der Waals surface area (Å²) in [4.78, 5) is 59.0. The highest BCUT2D eigenvalue weighted by Crippen LogP contribution is 2.74. The van der Waals surface area contributed by atoms with Gasteiger partial charge in [0.05, 0.1) is 27.6 Å². The number of carbonyl (C=O) groups excluding carboxylic acids is 3. The maximum absolute atomic E-state index is 16.0. The number of rotatable bonds is 6. The molecule has 2 fully saturated rings. The minimum atomic E-state index is -1.68. The van der Waals surface area contributed by atoms with Crippen LogP contribution in [0.2, 0.25) is 10.0 Å². The number of amides is 2. The van der Waals surface area contributed by atoms with Gasteiger partial charge >= 0.3 is 0 Å². The van der Waals surface area contributed by atoms with Crippen molar-refractivity contribution in [3.05, 3.63) is 175 Å². The lowest BCUT2D eigenvalue weighted by atomic mass is 9.59. The summed E-state index contributed by atoms with van der Waals surface area (Å²) in [6.45, 7) is 1.70. The lowest BCUT2D eigenvalue weighted by Gasteiger charge is -2.39. The predicted molar refractivity (Wildman–Crippen MR) is 188 cm³/mol. The Kier molecular flexibility index (Phi) is 7.00. The Bertz CT molecular complexity index is 2130. The Hall–Kier alpha value is -5.37. The summed E-state index contributed by atoms with van der Waals surface area (Å²) >= 11 is 12.8. The van der Waals surface area contributed by atoms with E-state index in [2.05, 4.69) is 0 Å². The zero-order valence-electron chi connectivity index (χ0n) is 26.0. The molecule has 1 saturated carbocycles. The molecule has 1 heterocycles. The molecule has 1 saturated heterocycles. The van der Waals surface area contributed by atoms with Gasteiger partial charge in [0.2, 0.25) is 11.8 Å². The number of halogens is 2. The highest BCUT2D eigenvalue weighted by molar-refractivity contribution is 6.39. The quantitative estimate of drug-likeness (QED) is 0.102. The van der Waals surface area contributed by atoms with E-state index < -0.39 is 39.4 Å². The summed E-state index contributed by atoms with van der Waals surface area (Å²) < 4.78 is 0. The molecule has 8 rings (SSSR count). The number of hydrogen-bond donors (Lipinski definition) is 0. The van der Waals surface area contributed by atoms with E-state index in [9.17, 15) is 10.1 Å². The highest BCUT2D eigenvalue weighted by atomic mass is 35.5. The first-order chi connectivity index (χ1) is 23.6. The van der Waals surface area contributed by atoms with E-state index in [4.69, 9.17) is 23.2 Å². The van der Waals surface area contributed by atoms with Crippen molar-refractivity contribution in [3.8, 4) is 0 Å². The molecule has 240 valence electrons. The van der Waals surface area contributed by atoms with Gasteiger partial charge in [-0.1, -0.05) is 114 Å². The predicted octanol–water partition coefficient (Wildman–Crippen LogP) is 8.40. The Morgan fingerprint density at radius 3 is 1.47 bits per heavy atom. The molecular formula is C40H26Cl2N2O5. The maximum Gasteiger partial charge on any atom is 0.293 e. The molecule has 0 spiro atoms. The molecule has 2 amide bonds. The normalized spacial score (nSPS) is 24.1. The topological polar surface area (TPSA) is 97.6 Å². The van der Waals surface area contributed by atoms with Gasteiger partial charge in [0.25, 0.3) is 5.69 Å². The van der Waals surface area contributed by atoms with Crippen LogP contribution in [-0.2, 0) is 25.2 Å². The molecular weight excluding hydrogens is 659 g/mol. The van der Waals surface area contributed by atoms with Crippen LogP contribution in [0.4, 0.5) is 11.4 Å². The molecule has 5 aromatic rings. The number of nitrogens with zero attached hydrogens (tertiary/aromatic N) is 2. The highest BCUT2D eigenvalue weighted by Gasteiger charge is 2.83. The summed E-state index contributed by atoms with van der Waals surface area (Å²) in [5.74, 6) is -4.17. The van der Waals surface area contributed by atoms with E-state index in [1.54, 1.807) is 61.5 Å². The van der Waals surface area contributed by atoms with Gasteiger partial charge in [-0.25, -0.2) is 4.90 Å². The van der Waals surface area contributed by atoms with Gasteiger partial charge in [0.1, 0.15) is 5.69 Å². The SMILES string of the molecule is Cc1ccc(N2C(=O)[C@H]3[C@H](C2=O)[C@@]2(c4ccc(Cl)cc4)C(=O)[C@@]3(c3ccc(Cl)cc3)C(c3ccccc3)=C2c2ccccc2)c([N+](=O)[O-])c1. The smallest absolute Gasteiger partial charge is 0.293 e. The van der Waals surface area contributed by atoms with Crippen molar-refractivity contribution >= 4 is 63.3 Å². The van der Waals surface area contributed by atoms with E-state index in [-0.39, 0.29) is 17.2 Å². The molecule has 49 heavy (non-hydrogen) atoms. The standard InChI is InChI=1S/C40H26Cl2N2O5/c1-23-12-21-30(31(22-23)44(48)49)43-36(45)34-35(37(43)46)40(27-15-19-29(42)20-16-27)33(25-10-6-3-7-11-25)32(24-8-4-2-5-9-24)39(34,38(40)47)26-13-17-28(41)18-14-26/h2-22,34-35H,1H3/t34-,35-,39+,40+/m1/s1. The summed E-state index contributed by atoms with van der Waals surface area (Å²) in [5.41, 5.74) is 0.349. The first-order valence-electron chi connectivity index (χ1n) is 15.7. The molecule has 0 unspecified atom stereocenters. The fourth-order valence-electron chi connectivity index (χ4n) is 8.56. The van der Waals surface area contributed by atoms with Crippen LogP contribution in [-0.4, -0.2) is 22.5 Å². The number of benzene rings is 5. The van der Waals surface area contributed by atoms with Crippen molar-refractivity contribution in [2.24, 2.45) is 11.8 Å². The number of carbonyl (C=O) groups is 3.